The highest BCUT2D eigenvalue weighted by atomic mass is 19.4. The Bertz CT molecular complexity index is 494. The van der Waals surface area contributed by atoms with Gasteiger partial charge in [-0.3, -0.25) is 14.4 Å². The summed E-state index contributed by atoms with van der Waals surface area (Å²) in [7, 11) is 0. The first kappa shape index (κ1) is 16.6. The number of alkyl halides is 3. The summed E-state index contributed by atoms with van der Waals surface area (Å²) in [6.07, 6.45) is -4.70. The van der Waals surface area contributed by atoms with E-state index in [-0.39, 0.29) is 18.9 Å². The quantitative estimate of drug-likeness (QED) is 0.824. The minimum Gasteiger partial charge on any atom is -0.481 e. The fourth-order valence-corrected chi connectivity index (χ4v) is 3.07. The van der Waals surface area contributed by atoms with Crippen molar-refractivity contribution in [3.8, 4) is 0 Å². The largest absolute Gasteiger partial charge is 0.481 e. The van der Waals surface area contributed by atoms with Gasteiger partial charge in [0, 0.05) is 32.6 Å². The van der Waals surface area contributed by atoms with Crippen LogP contribution in [0, 0.1) is 17.8 Å². The van der Waals surface area contributed by atoms with Crippen molar-refractivity contribution in [3.63, 3.8) is 0 Å². The molecule has 22 heavy (non-hydrogen) atoms. The molecular weight excluding hydrogens is 305 g/mol. The number of carboxylic acids is 1. The summed E-state index contributed by atoms with van der Waals surface area (Å²) in [4.78, 5) is 37.3. The molecule has 2 aliphatic heterocycles. The van der Waals surface area contributed by atoms with E-state index in [1.807, 2.05) is 0 Å². The van der Waals surface area contributed by atoms with E-state index in [0.29, 0.717) is 6.54 Å². The maximum atomic E-state index is 12.9. The van der Waals surface area contributed by atoms with Gasteiger partial charge in [-0.05, 0) is 6.92 Å². The van der Waals surface area contributed by atoms with Crippen molar-refractivity contribution < 1.29 is 32.7 Å². The van der Waals surface area contributed by atoms with E-state index >= 15 is 0 Å². The Balaban J connectivity index is 2.09. The molecule has 0 aromatic rings. The fraction of sp³-hybridized carbons (Fsp3) is 0.769. The predicted molar refractivity (Wildman–Crippen MR) is 67.6 cm³/mol. The number of hydrogen-bond acceptors (Lipinski definition) is 3. The van der Waals surface area contributed by atoms with Crippen LogP contribution in [0.3, 0.4) is 0 Å². The van der Waals surface area contributed by atoms with E-state index in [1.165, 1.54) is 4.90 Å². The maximum Gasteiger partial charge on any atom is 0.394 e. The molecule has 2 heterocycles. The van der Waals surface area contributed by atoms with Crippen LogP contribution in [0.1, 0.15) is 13.3 Å². The molecule has 0 spiro atoms. The second-order valence-electron chi connectivity index (χ2n) is 5.67. The van der Waals surface area contributed by atoms with Gasteiger partial charge in [0.2, 0.25) is 11.8 Å². The number of carboxylic acid groups (broad SMARTS) is 1. The molecular formula is C13H17F3N2O4. The molecule has 0 aliphatic carbocycles. The fourth-order valence-electron chi connectivity index (χ4n) is 3.07. The molecule has 1 unspecified atom stereocenters. The molecule has 9 heteroatoms. The van der Waals surface area contributed by atoms with E-state index in [2.05, 4.69) is 0 Å². The smallest absolute Gasteiger partial charge is 0.394 e. The lowest BCUT2D eigenvalue weighted by Gasteiger charge is -2.21. The van der Waals surface area contributed by atoms with Gasteiger partial charge in [0.05, 0.1) is 17.8 Å². The van der Waals surface area contributed by atoms with Gasteiger partial charge in [-0.2, -0.15) is 13.2 Å². The van der Waals surface area contributed by atoms with Gasteiger partial charge >= 0.3 is 12.1 Å². The zero-order chi connectivity index (χ0) is 16.7. The topological polar surface area (TPSA) is 77.9 Å². The van der Waals surface area contributed by atoms with E-state index < -0.39 is 48.9 Å². The number of nitrogens with zero attached hydrogens (tertiary/aromatic N) is 2. The third-order valence-corrected chi connectivity index (χ3v) is 4.31. The average molecular weight is 322 g/mol. The van der Waals surface area contributed by atoms with Crippen molar-refractivity contribution in [2.24, 2.45) is 17.8 Å². The van der Waals surface area contributed by atoms with Crippen LogP contribution in [-0.4, -0.2) is 65.0 Å². The Labute approximate surface area is 124 Å². The van der Waals surface area contributed by atoms with Gasteiger partial charge in [-0.25, -0.2) is 0 Å². The molecule has 0 saturated carbocycles. The van der Waals surface area contributed by atoms with Crippen LogP contribution < -0.4 is 0 Å². The van der Waals surface area contributed by atoms with Gasteiger partial charge in [0.25, 0.3) is 0 Å². The highest BCUT2D eigenvalue weighted by Crippen LogP contribution is 2.38. The lowest BCUT2D eigenvalue weighted by Crippen LogP contribution is -2.37. The van der Waals surface area contributed by atoms with Crippen molar-refractivity contribution in [1.29, 1.82) is 0 Å². The van der Waals surface area contributed by atoms with Gasteiger partial charge in [-0.1, -0.05) is 0 Å². The minimum absolute atomic E-state index is 0.0302. The van der Waals surface area contributed by atoms with E-state index in [9.17, 15) is 27.6 Å². The molecule has 2 amide bonds. The summed E-state index contributed by atoms with van der Waals surface area (Å²) in [6.45, 7) is 1.25. The lowest BCUT2D eigenvalue weighted by atomic mass is 9.96. The van der Waals surface area contributed by atoms with E-state index in [1.54, 1.807) is 6.92 Å². The summed E-state index contributed by atoms with van der Waals surface area (Å²) in [6, 6.07) is 0. The molecule has 2 aliphatic rings. The lowest BCUT2D eigenvalue weighted by molar-refractivity contribution is -0.188. The number of carbonyl (C=O) groups is 3. The maximum absolute atomic E-state index is 12.9. The number of hydrogen-bond donors (Lipinski definition) is 1. The normalized spacial score (nSPS) is 29.3. The zero-order valence-electron chi connectivity index (χ0n) is 12.0. The zero-order valence-corrected chi connectivity index (χ0v) is 12.0. The molecule has 0 bridgehead atoms. The Hall–Kier alpha value is -1.80. The third-order valence-electron chi connectivity index (χ3n) is 4.31. The summed E-state index contributed by atoms with van der Waals surface area (Å²) in [5.41, 5.74) is 0. The Morgan fingerprint density at radius 2 is 1.91 bits per heavy atom. The van der Waals surface area contributed by atoms with E-state index in [0.717, 1.165) is 4.90 Å². The summed E-state index contributed by atoms with van der Waals surface area (Å²) in [5, 5.41) is 8.93. The SMILES string of the molecule is CCN1CC(C(=O)N2C[C@@H](C(F)(F)F)[C@H](C(=O)O)C2)CC1=O. The first-order valence-electron chi connectivity index (χ1n) is 7.01. The van der Waals surface area contributed by atoms with Crippen LogP contribution in [0.25, 0.3) is 0 Å². The van der Waals surface area contributed by atoms with Crippen molar-refractivity contribution in [2.45, 2.75) is 19.5 Å². The average Bonchev–Trinajstić information content (AvgIpc) is 3.00. The molecule has 1 N–H and O–H groups in total. The monoisotopic (exact) mass is 322 g/mol. The van der Waals surface area contributed by atoms with Crippen LogP contribution in [-0.2, 0) is 14.4 Å². The molecule has 124 valence electrons. The van der Waals surface area contributed by atoms with Crippen molar-refractivity contribution in [1.82, 2.24) is 9.80 Å². The Morgan fingerprint density at radius 3 is 2.32 bits per heavy atom. The van der Waals surface area contributed by atoms with Crippen LogP contribution in [0.5, 0.6) is 0 Å². The highest BCUT2D eigenvalue weighted by Gasteiger charge is 2.54. The molecule has 2 fully saturated rings. The first-order valence-corrected chi connectivity index (χ1v) is 7.01. The van der Waals surface area contributed by atoms with Gasteiger partial charge in [0.1, 0.15) is 0 Å². The number of amides is 2. The molecule has 2 rings (SSSR count). The first-order chi connectivity index (χ1) is 10.1. The minimum atomic E-state index is -4.67. The van der Waals surface area contributed by atoms with Gasteiger partial charge in [0.15, 0.2) is 0 Å². The molecule has 3 atom stereocenters. The van der Waals surface area contributed by atoms with Crippen LogP contribution in [0.4, 0.5) is 13.2 Å². The molecule has 6 nitrogen and oxygen atoms in total. The number of aliphatic carboxylic acids is 1. The number of halogens is 3. The van der Waals surface area contributed by atoms with Crippen LogP contribution in [0.2, 0.25) is 0 Å². The second kappa shape index (κ2) is 5.77. The molecule has 2 saturated heterocycles. The van der Waals surface area contributed by atoms with Gasteiger partial charge < -0.3 is 14.9 Å². The van der Waals surface area contributed by atoms with Crippen LogP contribution >= 0.6 is 0 Å². The number of carbonyl (C=O) groups excluding carboxylic acids is 2. The van der Waals surface area contributed by atoms with Crippen molar-refractivity contribution in [2.75, 3.05) is 26.2 Å². The standard InChI is InChI=1S/C13H17F3N2O4/c1-2-17-4-7(3-10(17)19)11(20)18-5-8(12(21)22)9(6-18)13(14,15)16/h7-9H,2-6H2,1H3,(H,21,22)/t7?,8-,9-/m1/s1. The Kier molecular flexibility index (Phi) is 4.35. The van der Waals surface area contributed by atoms with Crippen LogP contribution in [0.15, 0.2) is 0 Å². The van der Waals surface area contributed by atoms with Crippen molar-refractivity contribution in [3.05, 3.63) is 0 Å². The Morgan fingerprint density at radius 1 is 1.27 bits per heavy atom. The molecule has 0 aromatic carbocycles. The number of likely N-dealkylation sites (tertiary alicyclic amines) is 2. The predicted octanol–water partition coefficient (Wildman–Crippen LogP) is 0.576. The molecule has 0 radical (unpaired) electrons. The van der Waals surface area contributed by atoms with Crippen molar-refractivity contribution >= 4 is 17.8 Å². The second-order valence-corrected chi connectivity index (χ2v) is 5.67. The summed E-state index contributed by atoms with van der Waals surface area (Å²) < 4.78 is 38.7. The van der Waals surface area contributed by atoms with Gasteiger partial charge in [-0.15, -0.1) is 0 Å². The number of rotatable bonds is 3. The summed E-state index contributed by atoms with van der Waals surface area (Å²) in [5.74, 6) is -6.73. The third kappa shape index (κ3) is 3.02. The summed E-state index contributed by atoms with van der Waals surface area (Å²) >= 11 is 0. The van der Waals surface area contributed by atoms with E-state index in [4.69, 9.17) is 5.11 Å². The highest BCUT2D eigenvalue weighted by molar-refractivity contribution is 5.89. The molecule has 0 aromatic heterocycles.